The van der Waals surface area contributed by atoms with Crippen molar-refractivity contribution < 1.29 is 29.7 Å². The summed E-state index contributed by atoms with van der Waals surface area (Å²) >= 11 is 6.07. The van der Waals surface area contributed by atoms with Crippen molar-refractivity contribution in [3.63, 3.8) is 0 Å². The standard InChI is InChI=1S/3C10H20O2S.C4H9.Sn/c3*1-2-3-4-5-6-7-8-13-9-10(11)12;1-3-4-2;/h3*2-9H2,1H3,(H,11,12);1,3-4H2,2H3;/q;;;;+3/p-3. The Hall–Kier alpha value is 0.259. The molecule has 0 aromatic heterocycles. The summed E-state index contributed by atoms with van der Waals surface area (Å²) in [4.78, 5) is 30.1. The molecule has 0 saturated carbocycles. The van der Waals surface area contributed by atoms with E-state index in [2.05, 4.69) is 27.7 Å². The van der Waals surface area contributed by atoms with Gasteiger partial charge in [0.05, 0.1) is 17.9 Å². The van der Waals surface area contributed by atoms with Crippen LogP contribution in [0.4, 0.5) is 0 Å². The summed E-state index contributed by atoms with van der Waals surface area (Å²) in [7, 11) is 0. The molecule has 260 valence electrons. The fourth-order valence-corrected chi connectivity index (χ4v) is 6.76. The summed E-state index contributed by atoms with van der Waals surface area (Å²) in [5, 5.41) is 30.1. The maximum absolute atomic E-state index is 10.0. The van der Waals surface area contributed by atoms with Crippen molar-refractivity contribution in [2.24, 2.45) is 0 Å². The van der Waals surface area contributed by atoms with E-state index in [1.54, 1.807) is 22.5 Å². The molecule has 0 aromatic carbocycles. The molecular weight excluding hydrogens is 719 g/mol. The Morgan fingerprint density at radius 3 is 0.818 bits per heavy atom. The van der Waals surface area contributed by atoms with Gasteiger partial charge in [-0.3, -0.25) is 0 Å². The Morgan fingerprint density at radius 2 is 0.636 bits per heavy atom. The summed E-state index contributed by atoms with van der Waals surface area (Å²) in [5.74, 6) is 0.474. The van der Waals surface area contributed by atoms with Crippen LogP contribution in [-0.2, 0) is 14.4 Å². The third kappa shape index (κ3) is 69.1. The quantitative estimate of drug-likeness (QED) is 0.0592. The number of unbranched alkanes of at least 4 members (excludes halogenated alkanes) is 16. The molecule has 0 amide bonds. The molecule has 0 rings (SSSR count). The zero-order valence-corrected chi connectivity index (χ0v) is 34.1. The van der Waals surface area contributed by atoms with Crippen LogP contribution >= 0.6 is 35.3 Å². The van der Waals surface area contributed by atoms with Crippen molar-refractivity contribution in [2.45, 2.75) is 161 Å². The molecule has 0 unspecified atom stereocenters. The Kier molecular flexibility index (Phi) is 58.2. The first-order valence-corrected chi connectivity index (χ1v) is 22.7. The predicted molar refractivity (Wildman–Crippen MR) is 193 cm³/mol. The molecule has 10 heteroatoms. The Labute approximate surface area is 298 Å². The van der Waals surface area contributed by atoms with Crippen molar-refractivity contribution in [3.8, 4) is 0 Å². The van der Waals surface area contributed by atoms with Gasteiger partial charge >= 0.3 is 46.7 Å². The van der Waals surface area contributed by atoms with E-state index in [4.69, 9.17) is 0 Å². The van der Waals surface area contributed by atoms with Crippen LogP contribution in [-0.4, -0.2) is 74.9 Å². The maximum atomic E-state index is 10.0. The van der Waals surface area contributed by atoms with Gasteiger partial charge in [-0.15, -0.1) is 0 Å². The molecule has 0 bridgehead atoms. The second-order valence-corrected chi connectivity index (χ2v) is 15.4. The van der Waals surface area contributed by atoms with Crippen LogP contribution in [0, 0.1) is 0 Å². The van der Waals surface area contributed by atoms with Crippen LogP contribution in [0.3, 0.4) is 0 Å². The molecule has 0 aromatic rings. The van der Waals surface area contributed by atoms with Gasteiger partial charge in [0.2, 0.25) is 0 Å². The van der Waals surface area contributed by atoms with Gasteiger partial charge in [0.1, 0.15) is 0 Å². The first-order chi connectivity index (χ1) is 21.2. The molecule has 6 nitrogen and oxygen atoms in total. The third-order valence-electron chi connectivity index (χ3n) is 6.12. The molecular formula is C34H66O6S3Sn. The first kappa shape index (κ1) is 51.1. The number of hydrogen-bond donors (Lipinski definition) is 0. The fourth-order valence-electron chi connectivity index (χ4n) is 3.60. The Morgan fingerprint density at radius 1 is 0.409 bits per heavy atom. The van der Waals surface area contributed by atoms with Crippen molar-refractivity contribution in [1.82, 2.24) is 0 Å². The Balaban J connectivity index is -0.000000253. The van der Waals surface area contributed by atoms with Crippen molar-refractivity contribution in [3.05, 3.63) is 0 Å². The van der Waals surface area contributed by atoms with Crippen LogP contribution < -0.4 is 15.3 Å². The minimum atomic E-state index is -0.948. The monoisotopic (exact) mass is 786 g/mol. The molecule has 0 aliphatic heterocycles. The summed E-state index contributed by atoms with van der Waals surface area (Å²) < 4.78 is 1.43. The molecule has 0 aliphatic carbocycles. The van der Waals surface area contributed by atoms with E-state index in [0.29, 0.717) is 0 Å². The van der Waals surface area contributed by atoms with Crippen LogP contribution in [0.5, 0.6) is 0 Å². The Bertz CT molecular complexity index is 498. The van der Waals surface area contributed by atoms with E-state index in [0.717, 1.165) is 36.5 Å². The second kappa shape index (κ2) is 50.1. The van der Waals surface area contributed by atoms with E-state index in [1.807, 2.05) is 0 Å². The number of aliphatic carboxylic acids is 3. The van der Waals surface area contributed by atoms with Crippen molar-refractivity contribution >= 4 is 75.7 Å². The minimum absolute atomic E-state index is 0.148. The number of carboxylic acid groups (broad SMARTS) is 3. The number of carboxylic acids is 3. The topological polar surface area (TPSA) is 120 Å². The van der Waals surface area contributed by atoms with Crippen molar-refractivity contribution in [1.29, 1.82) is 0 Å². The SMILES string of the molecule is CCCCCCCCSCC(=O)[O-].CCCCCCCCSCC(=O)[O-].CCCCCCCCSCC(=O)[O-].CCC[CH2][Sn+3]. The van der Waals surface area contributed by atoms with Gasteiger partial charge in [0, 0.05) is 17.3 Å². The van der Waals surface area contributed by atoms with Crippen LogP contribution in [0.1, 0.15) is 156 Å². The molecule has 0 spiro atoms. The molecule has 0 N–H and O–H groups in total. The summed E-state index contributed by atoms with van der Waals surface area (Å²) in [6.45, 7) is 8.84. The van der Waals surface area contributed by atoms with Gasteiger partial charge in [0.15, 0.2) is 0 Å². The molecule has 0 atom stereocenters. The number of hydrogen-bond acceptors (Lipinski definition) is 9. The van der Waals surface area contributed by atoms with E-state index in [-0.39, 0.29) is 17.3 Å². The first-order valence-electron chi connectivity index (χ1n) is 17.2. The molecule has 0 radical (unpaired) electrons. The van der Waals surface area contributed by atoms with Gasteiger partial charge in [0.25, 0.3) is 0 Å². The summed E-state index contributed by atoms with van der Waals surface area (Å²) in [6, 6.07) is 0. The number of carbonyl (C=O) groups excluding carboxylic acids is 3. The summed E-state index contributed by atoms with van der Waals surface area (Å²) in [6.07, 6.45) is 25.6. The van der Waals surface area contributed by atoms with E-state index in [1.165, 1.54) is 149 Å². The third-order valence-corrected chi connectivity index (χ3v) is 10.2. The van der Waals surface area contributed by atoms with E-state index < -0.39 is 17.9 Å². The molecule has 0 heterocycles. The van der Waals surface area contributed by atoms with Crippen LogP contribution in [0.15, 0.2) is 0 Å². The van der Waals surface area contributed by atoms with Gasteiger partial charge in [-0.25, -0.2) is 0 Å². The van der Waals surface area contributed by atoms with Crippen LogP contribution in [0.25, 0.3) is 0 Å². The number of thioether (sulfide) groups is 3. The fraction of sp³-hybridized carbons (Fsp3) is 0.912. The van der Waals surface area contributed by atoms with Crippen LogP contribution in [0.2, 0.25) is 4.44 Å². The van der Waals surface area contributed by atoms with E-state index >= 15 is 0 Å². The van der Waals surface area contributed by atoms with Gasteiger partial charge in [-0.05, 0) is 36.5 Å². The number of carbonyl (C=O) groups is 3. The zero-order chi connectivity index (χ0) is 33.9. The van der Waals surface area contributed by atoms with Crippen molar-refractivity contribution in [2.75, 3.05) is 34.5 Å². The molecule has 0 fully saturated rings. The second-order valence-electron chi connectivity index (χ2n) is 10.7. The molecule has 44 heavy (non-hydrogen) atoms. The van der Waals surface area contributed by atoms with Gasteiger partial charge < -0.3 is 29.7 Å². The summed E-state index contributed by atoms with van der Waals surface area (Å²) in [5.41, 5.74) is 0. The number of rotatable bonds is 29. The zero-order valence-electron chi connectivity index (χ0n) is 28.8. The van der Waals surface area contributed by atoms with Gasteiger partial charge in [-0.1, -0.05) is 117 Å². The molecule has 0 aliphatic rings. The predicted octanol–water partition coefficient (Wildman–Crippen LogP) is 6.86. The average Bonchev–Trinajstić information content (AvgIpc) is 2.98. The molecule has 0 saturated heterocycles. The van der Waals surface area contributed by atoms with E-state index in [9.17, 15) is 29.7 Å². The normalized spacial score (nSPS) is 10.0. The van der Waals surface area contributed by atoms with Gasteiger partial charge in [-0.2, -0.15) is 35.3 Å². The average molecular weight is 786 g/mol.